The van der Waals surface area contributed by atoms with E-state index in [1.165, 1.54) is 5.56 Å². The summed E-state index contributed by atoms with van der Waals surface area (Å²) in [5, 5.41) is 0.976. The normalized spacial score (nSPS) is 13.6. The third kappa shape index (κ3) is 2.58. The third-order valence-corrected chi connectivity index (χ3v) is 5.09. The molecule has 128 valence electrons. The van der Waals surface area contributed by atoms with Crippen LogP contribution in [-0.2, 0) is 13.0 Å². The predicted molar refractivity (Wildman–Crippen MR) is 99.5 cm³/mol. The third-order valence-electron chi connectivity index (χ3n) is 5.09. The van der Waals surface area contributed by atoms with Crippen LogP contribution in [0.1, 0.15) is 29.2 Å². The van der Waals surface area contributed by atoms with E-state index in [0.29, 0.717) is 24.4 Å². The van der Waals surface area contributed by atoms with Gasteiger partial charge in [0.25, 0.3) is 0 Å². The first-order valence-electron chi connectivity index (χ1n) is 8.61. The van der Waals surface area contributed by atoms with Crippen molar-refractivity contribution in [3.8, 4) is 5.75 Å². The zero-order valence-corrected chi connectivity index (χ0v) is 14.8. The second-order valence-corrected chi connectivity index (χ2v) is 6.55. The van der Waals surface area contributed by atoms with Crippen LogP contribution >= 0.6 is 0 Å². The number of fused-ring (bicyclic) bond motifs is 3. The van der Waals surface area contributed by atoms with E-state index in [9.17, 15) is 4.79 Å². The van der Waals surface area contributed by atoms with Crippen molar-refractivity contribution < 1.29 is 9.15 Å². The molecule has 0 amide bonds. The minimum Gasteiger partial charge on any atom is -0.473 e. The largest absolute Gasteiger partial charge is 0.473 e. The lowest BCUT2D eigenvalue weighted by atomic mass is 10.0. The van der Waals surface area contributed by atoms with Gasteiger partial charge in [0.05, 0.1) is 12.1 Å². The molecule has 4 heteroatoms. The van der Waals surface area contributed by atoms with Crippen LogP contribution in [0, 0.1) is 13.8 Å². The molecule has 2 aromatic carbocycles. The zero-order valence-electron chi connectivity index (χ0n) is 14.8. The minimum absolute atomic E-state index is 0.275. The van der Waals surface area contributed by atoms with Crippen LogP contribution in [0.25, 0.3) is 11.0 Å². The van der Waals surface area contributed by atoms with E-state index in [-0.39, 0.29) is 5.63 Å². The molecule has 25 heavy (non-hydrogen) atoms. The van der Waals surface area contributed by atoms with Gasteiger partial charge in [-0.05, 0) is 55.7 Å². The molecule has 0 bridgehead atoms. The van der Waals surface area contributed by atoms with E-state index in [0.717, 1.165) is 34.4 Å². The van der Waals surface area contributed by atoms with Gasteiger partial charge in [0.2, 0.25) is 0 Å². The van der Waals surface area contributed by atoms with Crippen molar-refractivity contribution in [1.82, 2.24) is 0 Å². The summed E-state index contributed by atoms with van der Waals surface area (Å²) in [6.07, 6.45) is 0.995. The summed E-state index contributed by atoms with van der Waals surface area (Å²) in [5.74, 6) is 0.793. The molecule has 0 spiro atoms. The molecule has 2 heterocycles. The molecule has 0 radical (unpaired) electrons. The molecule has 3 aromatic rings. The summed E-state index contributed by atoms with van der Waals surface area (Å²) in [6.45, 7) is 7.06. The van der Waals surface area contributed by atoms with Crippen molar-refractivity contribution in [2.24, 2.45) is 0 Å². The summed E-state index contributed by atoms with van der Waals surface area (Å²) in [4.78, 5) is 14.3. The summed E-state index contributed by atoms with van der Waals surface area (Å²) in [6, 6.07) is 12.4. The van der Waals surface area contributed by atoms with E-state index < -0.39 is 0 Å². The van der Waals surface area contributed by atoms with Crippen LogP contribution in [0.15, 0.2) is 45.6 Å². The lowest BCUT2D eigenvalue weighted by Crippen LogP contribution is -2.32. The van der Waals surface area contributed by atoms with Gasteiger partial charge in [-0.25, -0.2) is 4.79 Å². The summed E-state index contributed by atoms with van der Waals surface area (Å²) >= 11 is 0. The highest BCUT2D eigenvalue weighted by atomic mass is 16.5. The number of rotatable bonds is 2. The maximum Gasteiger partial charge on any atom is 0.339 e. The zero-order chi connectivity index (χ0) is 17.6. The molecule has 0 saturated heterocycles. The van der Waals surface area contributed by atoms with Crippen molar-refractivity contribution in [2.45, 2.75) is 33.7 Å². The number of hydrogen-bond donors (Lipinski definition) is 0. The Bertz CT molecular complexity index is 1020. The van der Waals surface area contributed by atoms with E-state index in [1.807, 2.05) is 19.1 Å². The van der Waals surface area contributed by atoms with Gasteiger partial charge in [0, 0.05) is 16.6 Å². The molecule has 0 atom stereocenters. The van der Waals surface area contributed by atoms with Crippen LogP contribution in [-0.4, -0.2) is 6.73 Å². The Labute approximate surface area is 146 Å². The smallest absolute Gasteiger partial charge is 0.339 e. The Balaban J connectivity index is 1.83. The maximum absolute atomic E-state index is 12.2. The number of hydrogen-bond acceptors (Lipinski definition) is 4. The van der Waals surface area contributed by atoms with E-state index in [1.54, 1.807) is 6.92 Å². The number of nitrogens with zero attached hydrogens (tertiary/aromatic N) is 1. The Morgan fingerprint density at radius 2 is 1.96 bits per heavy atom. The monoisotopic (exact) mass is 335 g/mol. The fraction of sp³-hybridized carbons (Fsp3) is 0.286. The highest BCUT2D eigenvalue weighted by Gasteiger charge is 2.23. The molecule has 4 nitrogen and oxygen atoms in total. The molecular formula is C21H21NO3. The SMILES string of the molecule is CCc1cccc(N2COc3ccc4c(C)c(C)c(=O)oc4c3C2)c1. The molecule has 0 N–H and O–H groups in total. The van der Waals surface area contributed by atoms with Gasteiger partial charge in [0.15, 0.2) is 6.73 Å². The van der Waals surface area contributed by atoms with Crippen molar-refractivity contribution in [1.29, 1.82) is 0 Å². The molecule has 0 unspecified atom stereocenters. The number of benzene rings is 2. The average Bonchev–Trinajstić information content (AvgIpc) is 2.65. The number of ether oxygens (including phenoxy) is 1. The summed E-state index contributed by atoms with van der Waals surface area (Å²) < 4.78 is 11.6. The standard InChI is InChI=1S/C21H21NO3/c1-4-15-6-5-7-16(10-15)22-11-18-19(24-12-22)9-8-17-13(2)14(3)21(23)25-20(17)18/h5-10H,4,11-12H2,1-3H3. The Hall–Kier alpha value is -2.75. The summed E-state index contributed by atoms with van der Waals surface area (Å²) in [5.41, 5.74) is 5.35. The predicted octanol–water partition coefficient (Wildman–Crippen LogP) is 4.33. The second-order valence-electron chi connectivity index (χ2n) is 6.55. The average molecular weight is 335 g/mol. The van der Waals surface area contributed by atoms with Gasteiger partial charge >= 0.3 is 5.63 Å². The summed E-state index contributed by atoms with van der Waals surface area (Å²) in [7, 11) is 0. The van der Waals surface area contributed by atoms with E-state index in [4.69, 9.17) is 9.15 Å². The molecule has 0 aliphatic carbocycles. The van der Waals surface area contributed by atoms with Gasteiger partial charge < -0.3 is 14.1 Å². The molecule has 1 aliphatic rings. The fourth-order valence-corrected chi connectivity index (χ4v) is 3.35. The van der Waals surface area contributed by atoms with Gasteiger partial charge in [-0.3, -0.25) is 0 Å². The minimum atomic E-state index is -0.275. The topological polar surface area (TPSA) is 42.7 Å². The highest BCUT2D eigenvalue weighted by Crippen LogP contribution is 2.35. The maximum atomic E-state index is 12.2. The number of anilines is 1. The first-order chi connectivity index (χ1) is 12.1. The van der Waals surface area contributed by atoms with E-state index >= 15 is 0 Å². The van der Waals surface area contributed by atoms with Gasteiger partial charge in [-0.15, -0.1) is 0 Å². The van der Waals surface area contributed by atoms with Crippen molar-refractivity contribution in [3.63, 3.8) is 0 Å². The van der Waals surface area contributed by atoms with Crippen LogP contribution < -0.4 is 15.3 Å². The molecule has 4 rings (SSSR count). The van der Waals surface area contributed by atoms with Gasteiger partial charge in [-0.1, -0.05) is 19.1 Å². The van der Waals surface area contributed by atoms with Gasteiger partial charge in [0.1, 0.15) is 11.3 Å². The molecule has 0 saturated carbocycles. The first-order valence-corrected chi connectivity index (χ1v) is 8.61. The second kappa shape index (κ2) is 5.96. The molecule has 1 aromatic heterocycles. The lowest BCUT2D eigenvalue weighted by Gasteiger charge is -2.31. The van der Waals surface area contributed by atoms with Gasteiger partial charge in [-0.2, -0.15) is 0 Å². The van der Waals surface area contributed by atoms with Crippen molar-refractivity contribution in [2.75, 3.05) is 11.6 Å². The molecule has 0 fully saturated rings. The quantitative estimate of drug-likeness (QED) is 0.654. The fourth-order valence-electron chi connectivity index (χ4n) is 3.35. The van der Waals surface area contributed by atoms with Crippen LogP contribution in [0.4, 0.5) is 5.69 Å². The highest BCUT2D eigenvalue weighted by molar-refractivity contribution is 5.86. The van der Waals surface area contributed by atoms with Crippen molar-refractivity contribution in [3.05, 3.63) is 69.1 Å². The first kappa shape index (κ1) is 15.8. The molecular weight excluding hydrogens is 314 g/mol. The van der Waals surface area contributed by atoms with Crippen LogP contribution in [0.3, 0.4) is 0 Å². The number of aryl methyl sites for hydroxylation is 2. The van der Waals surface area contributed by atoms with Crippen LogP contribution in [0.2, 0.25) is 0 Å². The molecule has 1 aliphatic heterocycles. The Morgan fingerprint density at radius 3 is 2.76 bits per heavy atom. The Morgan fingerprint density at radius 1 is 1.12 bits per heavy atom. The lowest BCUT2D eigenvalue weighted by molar-refractivity contribution is 0.289. The van der Waals surface area contributed by atoms with Crippen molar-refractivity contribution >= 4 is 16.7 Å². The van der Waals surface area contributed by atoms with Crippen LogP contribution in [0.5, 0.6) is 5.75 Å². The van der Waals surface area contributed by atoms with E-state index in [2.05, 4.69) is 36.1 Å². The Kier molecular flexibility index (Phi) is 3.75.